The third-order valence-electron chi connectivity index (χ3n) is 3.62. The van der Waals surface area contributed by atoms with Crippen LogP contribution in [-0.4, -0.2) is 5.16 Å². The lowest BCUT2D eigenvalue weighted by Gasteiger charge is -2.24. The first kappa shape index (κ1) is 11.6. The normalized spacial score (nSPS) is 15.6. The fourth-order valence-corrected chi connectivity index (χ4v) is 2.49. The number of nitrogen functional groups attached to an aromatic ring is 1. The van der Waals surface area contributed by atoms with Gasteiger partial charge in [0.1, 0.15) is 5.76 Å². The van der Waals surface area contributed by atoms with Crippen LogP contribution in [0.15, 0.2) is 28.8 Å². The van der Waals surface area contributed by atoms with E-state index in [9.17, 15) is 0 Å². The maximum absolute atomic E-state index is 5.91. The first-order chi connectivity index (χ1) is 8.74. The first-order valence-electron chi connectivity index (χ1n) is 6.24. The summed E-state index contributed by atoms with van der Waals surface area (Å²) in [5, 5.41) is 4.61. The van der Waals surface area contributed by atoms with Crippen LogP contribution in [0.5, 0.6) is 0 Å². The Balaban J connectivity index is 1.94. The van der Waals surface area contributed by atoms with E-state index in [1.54, 1.807) is 0 Å². The molecule has 3 rings (SSSR count). The van der Waals surface area contributed by atoms with Crippen molar-refractivity contribution in [2.45, 2.75) is 25.7 Å². The molecule has 0 bridgehead atoms. The Morgan fingerprint density at radius 2 is 2.00 bits per heavy atom. The summed E-state index contributed by atoms with van der Waals surface area (Å²) in [6.07, 6.45) is 4.81. The average molecular weight is 263 g/mol. The molecule has 1 aromatic carbocycles. The highest BCUT2D eigenvalue weighted by molar-refractivity contribution is 6.30. The number of halogens is 1. The zero-order valence-corrected chi connectivity index (χ0v) is 10.8. The molecule has 4 heteroatoms. The number of nitrogens with two attached hydrogens (primary N) is 1. The topological polar surface area (TPSA) is 52.0 Å². The number of anilines is 1. The largest absolute Gasteiger partial charge is 0.380 e. The molecule has 0 spiro atoms. The summed E-state index contributed by atoms with van der Waals surface area (Å²) in [7, 11) is 0. The van der Waals surface area contributed by atoms with Gasteiger partial charge in [-0.05, 0) is 23.6 Å². The highest BCUT2D eigenvalue weighted by Gasteiger charge is 2.23. The van der Waals surface area contributed by atoms with E-state index in [1.807, 2.05) is 24.3 Å². The van der Waals surface area contributed by atoms with E-state index in [0.717, 1.165) is 29.2 Å². The Morgan fingerprint density at radius 1 is 1.28 bits per heavy atom. The standard InChI is InChI=1S/C14H15ClN2O/c15-11-6-4-10(5-7-11)13-12(18-17-14(13)16)8-9-2-1-3-9/h4-7,9H,1-3,8H2,(H2,16,17). The van der Waals surface area contributed by atoms with Crippen molar-refractivity contribution in [3.63, 3.8) is 0 Å². The summed E-state index contributed by atoms with van der Waals surface area (Å²) in [4.78, 5) is 0. The Kier molecular flexibility index (Phi) is 3.00. The highest BCUT2D eigenvalue weighted by Crippen LogP contribution is 2.36. The van der Waals surface area contributed by atoms with Crippen molar-refractivity contribution < 1.29 is 4.52 Å². The zero-order valence-electron chi connectivity index (χ0n) is 10.0. The monoisotopic (exact) mass is 262 g/mol. The van der Waals surface area contributed by atoms with Crippen LogP contribution in [0.25, 0.3) is 11.1 Å². The lowest BCUT2D eigenvalue weighted by Crippen LogP contribution is -2.13. The number of nitrogens with zero attached hydrogens (tertiary/aromatic N) is 1. The molecule has 0 amide bonds. The van der Waals surface area contributed by atoms with E-state index in [4.69, 9.17) is 21.9 Å². The second-order valence-corrected chi connectivity index (χ2v) is 5.31. The molecule has 3 nitrogen and oxygen atoms in total. The van der Waals surface area contributed by atoms with Gasteiger partial charge in [0.05, 0.1) is 5.56 Å². The van der Waals surface area contributed by atoms with Crippen molar-refractivity contribution in [3.05, 3.63) is 35.0 Å². The highest BCUT2D eigenvalue weighted by atomic mass is 35.5. The van der Waals surface area contributed by atoms with Gasteiger partial charge in [0.2, 0.25) is 0 Å². The van der Waals surface area contributed by atoms with Gasteiger partial charge in [-0.15, -0.1) is 0 Å². The third-order valence-corrected chi connectivity index (χ3v) is 3.87. The molecule has 1 saturated carbocycles. The van der Waals surface area contributed by atoms with E-state index >= 15 is 0 Å². The molecular formula is C14H15ClN2O. The van der Waals surface area contributed by atoms with Crippen molar-refractivity contribution in [2.75, 3.05) is 5.73 Å². The van der Waals surface area contributed by atoms with Crippen LogP contribution in [0.4, 0.5) is 5.82 Å². The van der Waals surface area contributed by atoms with Gasteiger partial charge in [0.25, 0.3) is 0 Å². The Hall–Kier alpha value is -1.48. The van der Waals surface area contributed by atoms with Gasteiger partial charge >= 0.3 is 0 Å². The zero-order chi connectivity index (χ0) is 12.5. The third kappa shape index (κ3) is 2.10. The molecular weight excluding hydrogens is 248 g/mol. The van der Waals surface area contributed by atoms with Crippen molar-refractivity contribution in [2.24, 2.45) is 5.92 Å². The summed E-state index contributed by atoms with van der Waals surface area (Å²) >= 11 is 5.90. The molecule has 1 aliphatic carbocycles. The average Bonchev–Trinajstić information content (AvgIpc) is 2.67. The molecule has 0 atom stereocenters. The smallest absolute Gasteiger partial charge is 0.175 e. The van der Waals surface area contributed by atoms with Gasteiger partial charge in [-0.3, -0.25) is 0 Å². The van der Waals surface area contributed by atoms with Gasteiger partial charge in [-0.2, -0.15) is 0 Å². The molecule has 1 fully saturated rings. The minimum absolute atomic E-state index is 0.464. The molecule has 1 aromatic heterocycles. The van der Waals surface area contributed by atoms with Gasteiger partial charge in [-0.1, -0.05) is 48.2 Å². The van der Waals surface area contributed by atoms with E-state index in [1.165, 1.54) is 19.3 Å². The SMILES string of the molecule is Nc1noc(CC2CCC2)c1-c1ccc(Cl)cc1. The molecule has 94 valence electrons. The second-order valence-electron chi connectivity index (χ2n) is 4.87. The molecule has 0 aliphatic heterocycles. The van der Waals surface area contributed by atoms with Crippen LogP contribution in [0.1, 0.15) is 25.0 Å². The van der Waals surface area contributed by atoms with Crippen LogP contribution >= 0.6 is 11.6 Å². The van der Waals surface area contributed by atoms with Gasteiger partial charge in [0, 0.05) is 11.4 Å². The molecule has 1 aliphatic rings. The van der Waals surface area contributed by atoms with Gasteiger partial charge in [0.15, 0.2) is 5.82 Å². The molecule has 1 heterocycles. The van der Waals surface area contributed by atoms with E-state index in [-0.39, 0.29) is 0 Å². The summed E-state index contributed by atoms with van der Waals surface area (Å²) in [6.45, 7) is 0. The Bertz CT molecular complexity index is 543. The first-order valence-corrected chi connectivity index (χ1v) is 6.62. The van der Waals surface area contributed by atoms with Crippen molar-refractivity contribution >= 4 is 17.4 Å². The van der Waals surface area contributed by atoms with Crippen LogP contribution in [-0.2, 0) is 6.42 Å². The van der Waals surface area contributed by atoms with E-state index in [0.29, 0.717) is 10.8 Å². The molecule has 0 unspecified atom stereocenters. The van der Waals surface area contributed by atoms with Crippen LogP contribution in [0, 0.1) is 5.92 Å². The molecule has 2 aromatic rings. The maximum atomic E-state index is 5.91. The Labute approximate surface area is 111 Å². The molecule has 18 heavy (non-hydrogen) atoms. The molecule has 0 radical (unpaired) electrons. The fourth-order valence-electron chi connectivity index (χ4n) is 2.36. The summed E-state index contributed by atoms with van der Waals surface area (Å²) < 4.78 is 5.38. The summed E-state index contributed by atoms with van der Waals surface area (Å²) in [6, 6.07) is 7.62. The molecule has 2 N–H and O–H groups in total. The predicted molar refractivity (Wildman–Crippen MR) is 72.4 cm³/mol. The number of aromatic nitrogens is 1. The van der Waals surface area contributed by atoms with E-state index < -0.39 is 0 Å². The predicted octanol–water partition coefficient (Wildman–Crippen LogP) is 3.92. The number of rotatable bonds is 3. The number of hydrogen-bond acceptors (Lipinski definition) is 3. The fraction of sp³-hybridized carbons (Fsp3) is 0.357. The van der Waals surface area contributed by atoms with Crippen molar-refractivity contribution in [1.29, 1.82) is 0 Å². The van der Waals surface area contributed by atoms with Crippen LogP contribution < -0.4 is 5.73 Å². The van der Waals surface area contributed by atoms with E-state index in [2.05, 4.69) is 5.16 Å². The summed E-state index contributed by atoms with van der Waals surface area (Å²) in [5.74, 6) is 2.09. The Morgan fingerprint density at radius 3 is 2.61 bits per heavy atom. The lowest BCUT2D eigenvalue weighted by atomic mass is 9.81. The number of benzene rings is 1. The van der Waals surface area contributed by atoms with Gasteiger partial charge < -0.3 is 10.3 Å². The second kappa shape index (κ2) is 4.65. The summed E-state index contributed by atoms with van der Waals surface area (Å²) in [5.41, 5.74) is 7.86. The quantitative estimate of drug-likeness (QED) is 0.912. The van der Waals surface area contributed by atoms with Crippen LogP contribution in [0.2, 0.25) is 5.02 Å². The minimum Gasteiger partial charge on any atom is -0.380 e. The van der Waals surface area contributed by atoms with Crippen molar-refractivity contribution in [1.82, 2.24) is 5.16 Å². The lowest BCUT2D eigenvalue weighted by molar-refractivity contribution is 0.279. The van der Waals surface area contributed by atoms with Gasteiger partial charge in [-0.25, -0.2) is 0 Å². The maximum Gasteiger partial charge on any atom is 0.175 e. The van der Waals surface area contributed by atoms with Crippen molar-refractivity contribution in [3.8, 4) is 11.1 Å². The molecule has 0 saturated heterocycles. The number of hydrogen-bond donors (Lipinski definition) is 1. The van der Waals surface area contributed by atoms with Crippen LogP contribution in [0.3, 0.4) is 0 Å². The minimum atomic E-state index is 0.464.